The van der Waals surface area contributed by atoms with Gasteiger partial charge in [-0.3, -0.25) is 4.79 Å². The van der Waals surface area contributed by atoms with Crippen molar-refractivity contribution in [2.75, 3.05) is 0 Å². The number of hydrogen-bond acceptors (Lipinski definition) is 5. The van der Waals surface area contributed by atoms with Crippen LogP contribution in [0.3, 0.4) is 0 Å². The third-order valence-electron chi connectivity index (χ3n) is 3.49. The van der Waals surface area contributed by atoms with Crippen LogP contribution in [0.2, 0.25) is 0 Å². The van der Waals surface area contributed by atoms with Gasteiger partial charge in [-0.2, -0.15) is 10.2 Å². The largest absolute Gasteiger partial charge is 0.422 e. The number of aromatic nitrogens is 2. The number of nitrogens with one attached hydrogen (secondary N) is 1. The molecule has 6 nitrogen and oxygen atoms in total. The molecule has 2 aromatic rings. The molecule has 3 rings (SSSR count). The number of aromatic amines is 1. The highest BCUT2D eigenvalue weighted by molar-refractivity contribution is 9.10. The fourth-order valence-corrected chi connectivity index (χ4v) is 2.89. The molecule has 0 spiro atoms. The van der Waals surface area contributed by atoms with E-state index in [0.29, 0.717) is 11.4 Å². The SMILES string of the molecule is Cc1nc2c(c(=O)[nH]1)[C@H](c1ccc(F)c(Br)c1)C(C#N)=C(N)O2. The second kappa shape index (κ2) is 5.52. The molecule has 3 N–H and O–H groups in total. The molecule has 23 heavy (non-hydrogen) atoms. The minimum absolute atomic E-state index is 0.0493. The smallest absolute Gasteiger partial charge is 0.258 e. The predicted molar refractivity (Wildman–Crippen MR) is 83.0 cm³/mol. The van der Waals surface area contributed by atoms with Crippen LogP contribution < -0.4 is 16.0 Å². The van der Waals surface area contributed by atoms with Crippen LogP contribution in [0.15, 0.2) is 38.9 Å². The van der Waals surface area contributed by atoms with Gasteiger partial charge < -0.3 is 15.5 Å². The minimum Gasteiger partial charge on any atom is -0.422 e. The molecule has 1 aliphatic heterocycles. The molecule has 0 bridgehead atoms. The maximum absolute atomic E-state index is 13.5. The van der Waals surface area contributed by atoms with Crippen molar-refractivity contribution in [1.82, 2.24) is 9.97 Å². The van der Waals surface area contributed by atoms with Crippen molar-refractivity contribution in [1.29, 1.82) is 5.26 Å². The lowest BCUT2D eigenvalue weighted by Crippen LogP contribution is -2.29. The Morgan fingerprint density at radius 1 is 1.52 bits per heavy atom. The molecule has 0 amide bonds. The summed E-state index contributed by atoms with van der Waals surface area (Å²) in [5, 5.41) is 9.40. The van der Waals surface area contributed by atoms with Crippen LogP contribution in [0.25, 0.3) is 0 Å². The van der Waals surface area contributed by atoms with Crippen LogP contribution in [0.5, 0.6) is 5.88 Å². The van der Waals surface area contributed by atoms with E-state index in [-0.39, 0.29) is 27.4 Å². The summed E-state index contributed by atoms with van der Waals surface area (Å²) in [6.45, 7) is 1.61. The molecule has 8 heteroatoms. The topological polar surface area (TPSA) is 105 Å². The van der Waals surface area contributed by atoms with Crippen LogP contribution >= 0.6 is 15.9 Å². The Hall–Kier alpha value is -2.66. The van der Waals surface area contributed by atoms with Gasteiger partial charge >= 0.3 is 0 Å². The number of benzene rings is 1. The van der Waals surface area contributed by atoms with Gasteiger partial charge in [-0.05, 0) is 40.5 Å². The third-order valence-corrected chi connectivity index (χ3v) is 4.09. The number of ether oxygens (including phenoxy) is 1. The number of hydrogen-bond donors (Lipinski definition) is 2. The van der Waals surface area contributed by atoms with Crippen molar-refractivity contribution in [3.63, 3.8) is 0 Å². The monoisotopic (exact) mass is 376 g/mol. The van der Waals surface area contributed by atoms with Crippen LogP contribution in [-0.4, -0.2) is 9.97 Å². The van der Waals surface area contributed by atoms with Crippen molar-refractivity contribution in [2.45, 2.75) is 12.8 Å². The lowest BCUT2D eigenvalue weighted by Gasteiger charge is -2.24. The number of nitrogens with zero attached hydrogens (tertiary/aromatic N) is 2. The Morgan fingerprint density at radius 2 is 2.26 bits per heavy atom. The van der Waals surface area contributed by atoms with Crippen LogP contribution in [0, 0.1) is 24.1 Å². The normalized spacial score (nSPS) is 16.5. The summed E-state index contributed by atoms with van der Waals surface area (Å²) in [6, 6.07) is 6.19. The van der Waals surface area contributed by atoms with E-state index in [1.54, 1.807) is 6.92 Å². The summed E-state index contributed by atoms with van der Waals surface area (Å²) >= 11 is 3.10. The average molecular weight is 377 g/mol. The van der Waals surface area contributed by atoms with E-state index in [1.165, 1.54) is 18.2 Å². The zero-order chi connectivity index (χ0) is 16.7. The van der Waals surface area contributed by atoms with E-state index in [9.17, 15) is 14.4 Å². The first-order chi connectivity index (χ1) is 10.9. The Kier molecular flexibility index (Phi) is 3.66. The molecule has 116 valence electrons. The maximum atomic E-state index is 13.5. The van der Waals surface area contributed by atoms with E-state index < -0.39 is 17.3 Å². The second-order valence-electron chi connectivity index (χ2n) is 4.97. The molecule has 0 radical (unpaired) electrons. The van der Waals surface area contributed by atoms with Crippen LogP contribution in [0.1, 0.15) is 22.9 Å². The highest BCUT2D eigenvalue weighted by atomic mass is 79.9. The van der Waals surface area contributed by atoms with Gasteiger partial charge in [0.15, 0.2) is 0 Å². The lowest BCUT2D eigenvalue weighted by atomic mass is 9.85. The number of nitriles is 1. The summed E-state index contributed by atoms with van der Waals surface area (Å²) in [7, 11) is 0. The number of halogens is 2. The third kappa shape index (κ3) is 2.49. The zero-order valence-electron chi connectivity index (χ0n) is 11.9. The van der Waals surface area contributed by atoms with E-state index in [0.717, 1.165) is 0 Å². The highest BCUT2D eigenvalue weighted by Gasteiger charge is 2.34. The number of aryl methyl sites for hydroxylation is 1. The van der Waals surface area contributed by atoms with Gasteiger partial charge in [-0.15, -0.1) is 0 Å². The number of H-pyrrole nitrogens is 1. The Balaban J connectivity index is 2.31. The highest BCUT2D eigenvalue weighted by Crippen LogP contribution is 2.39. The summed E-state index contributed by atoms with van der Waals surface area (Å²) in [6.07, 6.45) is 0. The molecule has 0 saturated carbocycles. The van der Waals surface area contributed by atoms with Crippen molar-refractivity contribution >= 4 is 15.9 Å². The van der Waals surface area contributed by atoms with Crippen molar-refractivity contribution in [3.05, 3.63) is 67.3 Å². The quantitative estimate of drug-likeness (QED) is 0.793. The first-order valence-electron chi connectivity index (χ1n) is 6.55. The van der Waals surface area contributed by atoms with Gasteiger partial charge in [0.2, 0.25) is 11.8 Å². The van der Waals surface area contributed by atoms with Gasteiger partial charge in [0.05, 0.1) is 16.0 Å². The van der Waals surface area contributed by atoms with Gasteiger partial charge in [0.1, 0.15) is 23.3 Å². The second-order valence-corrected chi connectivity index (χ2v) is 5.82. The van der Waals surface area contributed by atoms with Crippen molar-refractivity contribution in [3.8, 4) is 11.9 Å². The zero-order valence-corrected chi connectivity index (χ0v) is 13.4. The fourth-order valence-electron chi connectivity index (χ4n) is 2.49. The van der Waals surface area contributed by atoms with Gasteiger partial charge in [0, 0.05) is 0 Å². The van der Waals surface area contributed by atoms with Crippen molar-refractivity contribution in [2.24, 2.45) is 5.73 Å². The summed E-state index contributed by atoms with van der Waals surface area (Å²) < 4.78 is 19.0. The molecule has 0 saturated heterocycles. The van der Waals surface area contributed by atoms with E-state index in [1.807, 2.05) is 6.07 Å². The number of allylic oxidation sites excluding steroid dienone is 1. The molecule has 0 fully saturated rings. The van der Waals surface area contributed by atoms with Crippen molar-refractivity contribution < 1.29 is 9.13 Å². The summed E-state index contributed by atoms with van der Waals surface area (Å²) in [5.41, 5.74) is 6.13. The molecule has 0 unspecified atom stereocenters. The molecule has 1 aliphatic rings. The van der Waals surface area contributed by atoms with Gasteiger partial charge in [-0.25, -0.2) is 4.39 Å². The van der Waals surface area contributed by atoms with Gasteiger partial charge in [0.25, 0.3) is 5.56 Å². The van der Waals surface area contributed by atoms with E-state index >= 15 is 0 Å². The number of fused-ring (bicyclic) bond motifs is 1. The van der Waals surface area contributed by atoms with Crippen LogP contribution in [0.4, 0.5) is 4.39 Å². The van der Waals surface area contributed by atoms with E-state index in [2.05, 4.69) is 25.9 Å². The number of nitrogens with two attached hydrogens (primary N) is 1. The first kappa shape index (κ1) is 15.2. The molecule has 0 aliphatic carbocycles. The first-order valence-corrected chi connectivity index (χ1v) is 7.35. The molecular formula is C15H10BrFN4O2. The maximum Gasteiger partial charge on any atom is 0.258 e. The Labute approximate surface area is 138 Å². The fraction of sp³-hybridized carbons (Fsp3) is 0.133. The minimum atomic E-state index is -0.780. The Morgan fingerprint density at radius 3 is 2.91 bits per heavy atom. The molecule has 2 heterocycles. The average Bonchev–Trinajstić information content (AvgIpc) is 2.48. The molecule has 1 aromatic carbocycles. The lowest BCUT2D eigenvalue weighted by molar-refractivity contribution is 0.373. The summed E-state index contributed by atoms with van der Waals surface area (Å²) in [5.74, 6) is -0.943. The standard InChI is InChI=1S/C15H10BrFN4O2/c1-6-20-14(22)12-11(7-2-3-10(17)9(16)4-7)8(5-18)13(19)23-15(12)21-6/h2-4,11H,19H2,1H3,(H,20,21,22)/t11-/m1/s1. The number of rotatable bonds is 1. The molecule has 1 aromatic heterocycles. The molecule has 1 atom stereocenters. The summed E-state index contributed by atoms with van der Waals surface area (Å²) in [4.78, 5) is 19.1. The Bertz CT molecular complexity index is 945. The molecular weight excluding hydrogens is 367 g/mol. The van der Waals surface area contributed by atoms with E-state index in [4.69, 9.17) is 10.5 Å². The predicted octanol–water partition coefficient (Wildman–Crippen LogP) is 2.20. The van der Waals surface area contributed by atoms with Crippen LogP contribution in [-0.2, 0) is 0 Å². The van der Waals surface area contributed by atoms with Gasteiger partial charge in [-0.1, -0.05) is 6.07 Å².